The summed E-state index contributed by atoms with van der Waals surface area (Å²) in [5.41, 5.74) is 0.213. The molecule has 0 unspecified atom stereocenters. The number of hydrogen-bond acceptors (Lipinski definition) is 5. The molecule has 2 aromatic heterocycles. The molecule has 8 nitrogen and oxygen atoms in total. The van der Waals surface area contributed by atoms with Crippen LogP contribution >= 0.6 is 0 Å². The molecule has 3 aromatic rings. The van der Waals surface area contributed by atoms with Crippen LogP contribution in [0.3, 0.4) is 0 Å². The molecule has 0 aliphatic rings. The zero-order chi connectivity index (χ0) is 18.4. The first kappa shape index (κ1) is 17.4. The number of rotatable bonds is 7. The minimum atomic E-state index is -0.259. The van der Waals surface area contributed by atoms with Gasteiger partial charge in [-0.1, -0.05) is 12.1 Å². The number of nitrogens with one attached hydrogen (secondary N) is 1. The van der Waals surface area contributed by atoms with Crippen LogP contribution in [0.5, 0.6) is 5.75 Å². The predicted octanol–water partition coefficient (Wildman–Crippen LogP) is 1.26. The van der Waals surface area contributed by atoms with Crippen LogP contribution in [-0.4, -0.2) is 38.6 Å². The number of nitrogens with zero attached hydrogens (tertiary/aromatic N) is 4. The number of ether oxygens (including phenoxy) is 1. The molecule has 0 atom stereocenters. The maximum atomic E-state index is 12.4. The van der Waals surface area contributed by atoms with Crippen molar-refractivity contribution in [3.8, 4) is 11.6 Å². The maximum absolute atomic E-state index is 12.4. The van der Waals surface area contributed by atoms with Gasteiger partial charge in [0.25, 0.3) is 11.5 Å². The van der Waals surface area contributed by atoms with E-state index in [-0.39, 0.29) is 24.6 Å². The highest BCUT2D eigenvalue weighted by Crippen LogP contribution is 2.17. The number of hydrogen-bond donors (Lipinski definition) is 1. The Morgan fingerprint density at radius 2 is 2.04 bits per heavy atom. The van der Waals surface area contributed by atoms with E-state index in [9.17, 15) is 9.59 Å². The average Bonchev–Trinajstić information content (AvgIpc) is 3.18. The highest BCUT2D eigenvalue weighted by atomic mass is 16.5. The number of aromatic nitrogens is 4. The largest absolute Gasteiger partial charge is 0.493 e. The van der Waals surface area contributed by atoms with E-state index in [0.29, 0.717) is 23.7 Å². The van der Waals surface area contributed by atoms with Gasteiger partial charge in [-0.15, -0.1) is 5.10 Å². The molecule has 26 heavy (non-hydrogen) atoms. The summed E-state index contributed by atoms with van der Waals surface area (Å²) in [4.78, 5) is 24.3. The summed E-state index contributed by atoms with van der Waals surface area (Å²) in [6.45, 7) is 2.84. The minimum absolute atomic E-state index is 0.245. The number of benzene rings is 1. The average molecular weight is 353 g/mol. The van der Waals surface area contributed by atoms with Crippen molar-refractivity contribution in [3.05, 3.63) is 70.8 Å². The third-order valence-electron chi connectivity index (χ3n) is 3.63. The van der Waals surface area contributed by atoms with Gasteiger partial charge in [0.15, 0.2) is 5.82 Å². The third kappa shape index (κ3) is 3.97. The Hall–Kier alpha value is -3.42. The van der Waals surface area contributed by atoms with Crippen molar-refractivity contribution in [2.24, 2.45) is 0 Å². The van der Waals surface area contributed by atoms with Gasteiger partial charge in [-0.2, -0.15) is 5.10 Å². The molecular weight excluding hydrogens is 334 g/mol. The molecule has 134 valence electrons. The lowest BCUT2D eigenvalue weighted by Crippen LogP contribution is -2.32. The van der Waals surface area contributed by atoms with Gasteiger partial charge in [0, 0.05) is 25.0 Å². The molecule has 8 heteroatoms. The van der Waals surface area contributed by atoms with Crippen LogP contribution in [0.15, 0.2) is 59.7 Å². The molecular formula is C18H19N5O3. The van der Waals surface area contributed by atoms with Gasteiger partial charge in [0.05, 0.1) is 18.7 Å². The molecule has 0 radical (unpaired) electrons. The monoisotopic (exact) mass is 353 g/mol. The third-order valence-corrected chi connectivity index (χ3v) is 3.63. The van der Waals surface area contributed by atoms with Crippen LogP contribution < -0.4 is 15.6 Å². The van der Waals surface area contributed by atoms with Gasteiger partial charge in [0.2, 0.25) is 0 Å². The van der Waals surface area contributed by atoms with Crippen molar-refractivity contribution in [2.75, 3.05) is 13.2 Å². The molecule has 3 rings (SSSR count). The van der Waals surface area contributed by atoms with Crippen molar-refractivity contribution < 1.29 is 9.53 Å². The first-order valence-corrected chi connectivity index (χ1v) is 8.27. The van der Waals surface area contributed by atoms with E-state index in [4.69, 9.17) is 4.74 Å². The van der Waals surface area contributed by atoms with E-state index in [1.54, 1.807) is 47.4 Å². The molecule has 0 saturated carbocycles. The van der Waals surface area contributed by atoms with Gasteiger partial charge >= 0.3 is 0 Å². The standard InChI is InChI=1S/C18H19N5O3/c1-2-26-15-7-4-3-6-14(15)18(25)19-11-13-23-17(24)9-8-16(21-23)22-12-5-10-20-22/h3-10,12H,2,11,13H2,1H3,(H,19,25). The quantitative estimate of drug-likeness (QED) is 0.690. The van der Waals surface area contributed by atoms with Crippen LogP contribution in [0.2, 0.25) is 0 Å². The highest BCUT2D eigenvalue weighted by Gasteiger charge is 2.11. The van der Waals surface area contributed by atoms with Crippen molar-refractivity contribution >= 4 is 5.91 Å². The molecule has 0 spiro atoms. The van der Waals surface area contributed by atoms with Crippen molar-refractivity contribution in [3.63, 3.8) is 0 Å². The van der Waals surface area contributed by atoms with Gasteiger partial charge in [-0.05, 0) is 31.2 Å². The molecule has 1 amide bonds. The Balaban J connectivity index is 1.66. The number of para-hydroxylation sites is 1. The lowest BCUT2D eigenvalue weighted by Gasteiger charge is -2.11. The Labute approximate surface area is 150 Å². The van der Waals surface area contributed by atoms with Crippen molar-refractivity contribution in [1.82, 2.24) is 24.9 Å². The summed E-state index contributed by atoms with van der Waals surface area (Å²) in [5, 5.41) is 11.1. The van der Waals surface area contributed by atoms with Crippen molar-refractivity contribution in [1.29, 1.82) is 0 Å². The minimum Gasteiger partial charge on any atom is -0.493 e. The normalized spacial score (nSPS) is 10.5. The fraction of sp³-hybridized carbons (Fsp3) is 0.222. The van der Waals surface area contributed by atoms with E-state index < -0.39 is 0 Å². The second kappa shape index (κ2) is 8.11. The first-order valence-electron chi connectivity index (χ1n) is 8.27. The second-order valence-electron chi connectivity index (χ2n) is 5.39. The Morgan fingerprint density at radius 3 is 2.81 bits per heavy atom. The zero-order valence-corrected chi connectivity index (χ0v) is 14.3. The van der Waals surface area contributed by atoms with Crippen LogP contribution in [0, 0.1) is 0 Å². The molecule has 0 aliphatic heterocycles. The number of amides is 1. The molecule has 0 saturated heterocycles. The molecule has 1 N–H and O–H groups in total. The number of carbonyl (C=O) groups is 1. The fourth-order valence-electron chi connectivity index (χ4n) is 2.43. The van der Waals surface area contributed by atoms with Crippen LogP contribution in [-0.2, 0) is 6.54 Å². The summed E-state index contributed by atoms with van der Waals surface area (Å²) in [7, 11) is 0. The molecule has 2 heterocycles. The predicted molar refractivity (Wildman–Crippen MR) is 95.6 cm³/mol. The van der Waals surface area contributed by atoms with E-state index >= 15 is 0 Å². The van der Waals surface area contributed by atoms with Crippen LogP contribution in [0.25, 0.3) is 5.82 Å². The maximum Gasteiger partial charge on any atom is 0.266 e. The van der Waals surface area contributed by atoms with Crippen LogP contribution in [0.1, 0.15) is 17.3 Å². The lowest BCUT2D eigenvalue weighted by molar-refractivity contribution is 0.0948. The molecule has 1 aromatic carbocycles. The Morgan fingerprint density at radius 1 is 1.19 bits per heavy atom. The molecule has 0 bridgehead atoms. The Kier molecular flexibility index (Phi) is 5.43. The highest BCUT2D eigenvalue weighted by molar-refractivity contribution is 5.96. The summed E-state index contributed by atoms with van der Waals surface area (Å²) in [6.07, 6.45) is 3.37. The zero-order valence-electron chi connectivity index (χ0n) is 14.3. The van der Waals surface area contributed by atoms with E-state index in [2.05, 4.69) is 15.5 Å². The first-order chi connectivity index (χ1) is 12.7. The fourth-order valence-corrected chi connectivity index (χ4v) is 2.43. The number of carbonyl (C=O) groups excluding carboxylic acids is 1. The molecule has 0 aliphatic carbocycles. The van der Waals surface area contributed by atoms with Crippen molar-refractivity contribution in [2.45, 2.75) is 13.5 Å². The van der Waals surface area contributed by atoms with Gasteiger partial charge in [-0.25, -0.2) is 9.36 Å². The Bertz CT molecular complexity index is 934. The smallest absolute Gasteiger partial charge is 0.266 e. The lowest BCUT2D eigenvalue weighted by atomic mass is 10.2. The van der Waals surface area contributed by atoms with E-state index in [1.807, 2.05) is 13.0 Å². The topological polar surface area (TPSA) is 91.0 Å². The van der Waals surface area contributed by atoms with E-state index in [0.717, 1.165) is 0 Å². The SMILES string of the molecule is CCOc1ccccc1C(=O)NCCn1nc(-n2cccn2)ccc1=O. The molecule has 0 fully saturated rings. The summed E-state index contributed by atoms with van der Waals surface area (Å²) >= 11 is 0. The van der Waals surface area contributed by atoms with Gasteiger partial charge < -0.3 is 10.1 Å². The summed E-state index contributed by atoms with van der Waals surface area (Å²) in [5.74, 6) is 0.802. The van der Waals surface area contributed by atoms with Gasteiger partial charge in [-0.3, -0.25) is 9.59 Å². The summed E-state index contributed by atoms with van der Waals surface area (Å²) < 4.78 is 8.32. The summed E-state index contributed by atoms with van der Waals surface area (Å²) in [6, 6.07) is 11.8. The van der Waals surface area contributed by atoms with Gasteiger partial charge in [0.1, 0.15) is 5.75 Å². The van der Waals surface area contributed by atoms with Crippen LogP contribution in [0.4, 0.5) is 0 Å². The van der Waals surface area contributed by atoms with E-state index in [1.165, 1.54) is 10.7 Å². The second-order valence-corrected chi connectivity index (χ2v) is 5.39.